The molecule has 0 amide bonds. The van der Waals surface area contributed by atoms with Crippen LogP contribution in [0.25, 0.3) is 5.65 Å². The Morgan fingerprint density at radius 3 is 2.64 bits per heavy atom. The first-order valence-corrected chi connectivity index (χ1v) is 11.2. The van der Waals surface area contributed by atoms with Crippen molar-refractivity contribution < 1.29 is 9.90 Å². The summed E-state index contributed by atoms with van der Waals surface area (Å²) in [4.78, 5) is 31.9. The first-order chi connectivity index (χ1) is 15.9. The van der Waals surface area contributed by atoms with E-state index in [0.717, 1.165) is 24.2 Å². The molecule has 33 heavy (non-hydrogen) atoms. The highest BCUT2D eigenvalue weighted by atomic mass is 16.4. The van der Waals surface area contributed by atoms with Crippen molar-refractivity contribution in [3.8, 4) is 6.07 Å². The van der Waals surface area contributed by atoms with Crippen molar-refractivity contribution in [2.45, 2.75) is 32.7 Å². The van der Waals surface area contributed by atoms with Crippen LogP contribution in [0.5, 0.6) is 0 Å². The molecule has 0 unspecified atom stereocenters. The van der Waals surface area contributed by atoms with E-state index in [-0.39, 0.29) is 22.7 Å². The number of fused-ring (bicyclic) bond motifs is 3. The van der Waals surface area contributed by atoms with E-state index in [2.05, 4.69) is 16.3 Å². The van der Waals surface area contributed by atoms with Crippen molar-refractivity contribution in [1.82, 2.24) is 9.38 Å². The van der Waals surface area contributed by atoms with Crippen LogP contribution in [0.3, 0.4) is 0 Å². The number of carboxylic acid groups (broad SMARTS) is 1. The smallest absolute Gasteiger partial charge is 0.337 e. The van der Waals surface area contributed by atoms with Crippen molar-refractivity contribution in [2.75, 3.05) is 23.3 Å². The summed E-state index contributed by atoms with van der Waals surface area (Å²) in [5, 5.41) is 22.6. The monoisotopic (exact) mass is 443 g/mol. The lowest BCUT2D eigenvalue weighted by molar-refractivity contribution is 0.0698. The molecule has 1 aromatic carbocycles. The number of para-hydroxylation sites is 1. The van der Waals surface area contributed by atoms with Crippen molar-refractivity contribution >= 4 is 23.1 Å². The Morgan fingerprint density at radius 2 is 1.97 bits per heavy atom. The van der Waals surface area contributed by atoms with E-state index >= 15 is 0 Å². The molecule has 2 bridgehead atoms. The van der Waals surface area contributed by atoms with Crippen LogP contribution in [0.1, 0.15) is 52.9 Å². The third kappa shape index (κ3) is 3.59. The number of benzene rings is 1. The number of nitrogens with zero attached hydrogens (tertiary/aromatic N) is 4. The maximum absolute atomic E-state index is 13.3. The molecule has 168 valence electrons. The summed E-state index contributed by atoms with van der Waals surface area (Å²) >= 11 is 0. The number of carbonyl (C=O) groups is 1. The highest BCUT2D eigenvalue weighted by Gasteiger charge is 2.38. The number of anilines is 2. The third-order valence-electron chi connectivity index (χ3n) is 6.77. The van der Waals surface area contributed by atoms with Gasteiger partial charge in [-0.2, -0.15) is 5.26 Å². The summed E-state index contributed by atoms with van der Waals surface area (Å²) in [5.41, 5.74) is 2.45. The molecule has 2 saturated heterocycles. The predicted molar refractivity (Wildman–Crippen MR) is 125 cm³/mol. The number of hydrogen-bond donors (Lipinski definition) is 2. The third-order valence-corrected chi connectivity index (χ3v) is 6.77. The minimum atomic E-state index is -1.02. The number of hydrogen-bond acceptors (Lipinski definition) is 6. The van der Waals surface area contributed by atoms with Crippen LogP contribution in [0, 0.1) is 30.1 Å². The van der Waals surface area contributed by atoms with E-state index in [9.17, 15) is 20.0 Å². The molecule has 1 atom stereocenters. The van der Waals surface area contributed by atoms with Gasteiger partial charge in [-0.15, -0.1) is 0 Å². The molecule has 0 radical (unpaired) electrons. The van der Waals surface area contributed by atoms with Gasteiger partial charge in [-0.1, -0.05) is 12.1 Å². The van der Waals surface area contributed by atoms with Gasteiger partial charge >= 0.3 is 5.97 Å². The minimum absolute atomic E-state index is 0.0715. The molecule has 4 heterocycles. The van der Waals surface area contributed by atoms with Gasteiger partial charge in [0.05, 0.1) is 11.6 Å². The quantitative estimate of drug-likeness (QED) is 0.620. The standard InChI is InChI=1S/C25H25N5O3/c1-14-7-19(15(2)27-21-6-4-3-5-18(21)25(32)33)23-28-22(20(10-26)24(31)30(23)11-14)29-12-16-8-17(9-16)13-29/h3-7,11,15-17,27H,8-9,12-13H2,1-2H3,(H,32,33)/t15-,16?,17?/m1/s1. The number of pyridine rings is 1. The Balaban J connectivity index is 1.63. The predicted octanol–water partition coefficient (Wildman–Crippen LogP) is 3.59. The number of piperidine rings is 2. The highest BCUT2D eigenvalue weighted by Crippen LogP contribution is 2.41. The lowest BCUT2D eigenvalue weighted by atomic mass is 9.71. The maximum atomic E-state index is 13.3. The Hall–Kier alpha value is -3.86. The van der Waals surface area contributed by atoms with Gasteiger partial charge in [0.15, 0.2) is 11.4 Å². The van der Waals surface area contributed by atoms with Gasteiger partial charge in [-0.25, -0.2) is 9.78 Å². The number of rotatable bonds is 5. The molecule has 6 rings (SSSR count). The summed E-state index contributed by atoms with van der Waals surface area (Å²) in [6, 6.07) is 10.4. The molecule has 1 aliphatic carbocycles. The molecule has 1 saturated carbocycles. The molecule has 3 aliphatic rings. The lowest BCUT2D eigenvalue weighted by Crippen LogP contribution is -2.49. The molecule has 2 aromatic heterocycles. The molecule has 2 aliphatic heterocycles. The van der Waals surface area contributed by atoms with Crippen molar-refractivity contribution in [1.29, 1.82) is 5.26 Å². The summed E-state index contributed by atoms with van der Waals surface area (Å²) in [7, 11) is 0. The second kappa shape index (κ2) is 7.93. The van der Waals surface area contributed by atoms with Gasteiger partial charge in [0.25, 0.3) is 5.56 Å². The van der Waals surface area contributed by atoms with Gasteiger partial charge in [0, 0.05) is 30.5 Å². The van der Waals surface area contributed by atoms with Crippen LogP contribution in [-0.2, 0) is 0 Å². The zero-order valence-electron chi connectivity index (χ0n) is 18.6. The van der Waals surface area contributed by atoms with Crippen molar-refractivity contribution in [2.24, 2.45) is 11.8 Å². The molecule has 0 spiro atoms. The second-order valence-corrected chi connectivity index (χ2v) is 9.22. The van der Waals surface area contributed by atoms with E-state index in [0.29, 0.717) is 29.0 Å². The largest absolute Gasteiger partial charge is 0.478 e. The Bertz CT molecular complexity index is 1360. The second-order valence-electron chi connectivity index (χ2n) is 9.22. The van der Waals surface area contributed by atoms with Crippen LogP contribution in [0.4, 0.5) is 11.5 Å². The highest BCUT2D eigenvalue weighted by molar-refractivity contribution is 5.94. The van der Waals surface area contributed by atoms with Gasteiger partial charge in [0.1, 0.15) is 11.7 Å². The van der Waals surface area contributed by atoms with E-state index < -0.39 is 5.97 Å². The SMILES string of the molecule is Cc1cc([C@@H](C)Nc2ccccc2C(=O)O)c2nc(N3CC4CC(C4)C3)c(C#N)c(=O)n2c1. The number of nitriles is 1. The first-order valence-electron chi connectivity index (χ1n) is 11.2. The fourth-order valence-electron chi connectivity index (χ4n) is 5.19. The zero-order valence-corrected chi connectivity index (χ0v) is 18.6. The Morgan fingerprint density at radius 1 is 1.27 bits per heavy atom. The number of aryl methyl sites for hydroxylation is 1. The first kappa shape index (κ1) is 21.0. The van der Waals surface area contributed by atoms with Crippen LogP contribution in [0.2, 0.25) is 0 Å². The fraction of sp³-hybridized carbons (Fsp3) is 0.360. The minimum Gasteiger partial charge on any atom is -0.478 e. The van der Waals surface area contributed by atoms with Crippen molar-refractivity contribution in [3.05, 3.63) is 69.1 Å². The normalized spacial score (nSPS) is 20.1. The van der Waals surface area contributed by atoms with Gasteiger partial charge in [-0.3, -0.25) is 9.20 Å². The average molecular weight is 444 g/mol. The molecule has 8 nitrogen and oxygen atoms in total. The van der Waals surface area contributed by atoms with Crippen molar-refractivity contribution in [3.63, 3.8) is 0 Å². The number of carboxylic acids is 1. The van der Waals surface area contributed by atoms with Gasteiger partial charge in [0.2, 0.25) is 0 Å². The summed E-state index contributed by atoms with van der Waals surface area (Å²) in [6.07, 6.45) is 4.11. The summed E-state index contributed by atoms with van der Waals surface area (Å²) < 4.78 is 1.44. The molecule has 2 N–H and O–H groups in total. The topological polar surface area (TPSA) is 111 Å². The van der Waals surface area contributed by atoms with E-state index in [1.54, 1.807) is 30.5 Å². The molecule has 3 fully saturated rings. The number of aromatic carboxylic acids is 1. The fourth-order valence-corrected chi connectivity index (χ4v) is 5.19. The zero-order chi connectivity index (χ0) is 23.3. The summed E-state index contributed by atoms with van der Waals surface area (Å²) in [5.74, 6) is 0.640. The molecular formula is C25H25N5O3. The van der Waals surface area contributed by atoms with E-state index in [4.69, 9.17) is 4.98 Å². The van der Waals surface area contributed by atoms with Gasteiger partial charge in [-0.05, 0) is 62.3 Å². The number of aromatic nitrogens is 2. The number of nitrogens with one attached hydrogen (secondary N) is 1. The molecule has 8 heteroatoms. The lowest BCUT2D eigenvalue weighted by Gasteiger charge is -2.47. The molecular weight excluding hydrogens is 418 g/mol. The van der Waals surface area contributed by atoms with Crippen LogP contribution < -0.4 is 15.8 Å². The van der Waals surface area contributed by atoms with Gasteiger partial charge < -0.3 is 15.3 Å². The van der Waals surface area contributed by atoms with E-state index in [1.165, 1.54) is 17.2 Å². The maximum Gasteiger partial charge on any atom is 0.337 e. The van der Waals surface area contributed by atoms with Crippen LogP contribution >= 0.6 is 0 Å². The Labute approximate surface area is 191 Å². The summed E-state index contributed by atoms with van der Waals surface area (Å²) in [6.45, 7) is 5.42. The Kier molecular flexibility index (Phi) is 5.05. The van der Waals surface area contributed by atoms with Crippen LogP contribution in [-0.4, -0.2) is 33.6 Å². The molecule has 3 aromatic rings. The van der Waals surface area contributed by atoms with E-state index in [1.807, 2.05) is 19.9 Å². The average Bonchev–Trinajstić information content (AvgIpc) is 2.78. The van der Waals surface area contributed by atoms with Crippen LogP contribution in [0.15, 0.2) is 41.3 Å².